The third kappa shape index (κ3) is 2.24. The Morgan fingerprint density at radius 1 is 1.04 bits per heavy atom. The lowest BCUT2D eigenvalue weighted by atomic mass is 10.1. The molecule has 114 valence electrons. The summed E-state index contributed by atoms with van der Waals surface area (Å²) in [7, 11) is 0. The van der Waals surface area contributed by atoms with E-state index in [9.17, 15) is 9.90 Å². The van der Waals surface area contributed by atoms with Gasteiger partial charge in [0, 0.05) is 26.3 Å². The number of halogens is 1. The molecule has 0 saturated heterocycles. The number of fused-ring (bicyclic) bond motifs is 2. The Hall–Kier alpha value is -2.53. The Bertz CT molecular complexity index is 1080. The number of nitrogens with one attached hydrogen (secondary N) is 2. The molecular weight excluding hydrogens is 356 g/mol. The van der Waals surface area contributed by atoms with Crippen LogP contribution in [0.2, 0.25) is 0 Å². The molecule has 23 heavy (non-hydrogen) atoms. The lowest BCUT2D eigenvalue weighted by molar-refractivity contribution is 0.0700. The summed E-state index contributed by atoms with van der Waals surface area (Å²) in [5, 5.41) is 11.4. The molecule has 3 N–H and O–H groups in total. The molecule has 0 radical (unpaired) electrons. The maximum absolute atomic E-state index is 11.8. The molecule has 0 fully saturated rings. The van der Waals surface area contributed by atoms with Crippen LogP contribution in [0, 0.1) is 6.92 Å². The molecule has 4 nitrogen and oxygen atoms in total. The number of benzene rings is 2. The van der Waals surface area contributed by atoms with E-state index in [0.717, 1.165) is 26.6 Å². The zero-order chi connectivity index (χ0) is 16.1. The van der Waals surface area contributed by atoms with Gasteiger partial charge in [-0.3, -0.25) is 0 Å². The number of carbonyl (C=O) groups is 1. The SMILES string of the molecule is Cc1ccc2[nH]c(-c3[nH]c4cc(Br)ccc4c3C(=O)O)cc2c1. The van der Waals surface area contributed by atoms with Crippen molar-refractivity contribution in [1.82, 2.24) is 9.97 Å². The molecule has 0 bridgehead atoms. The maximum atomic E-state index is 11.8. The first-order chi connectivity index (χ1) is 11.0. The van der Waals surface area contributed by atoms with Crippen molar-refractivity contribution in [3.63, 3.8) is 0 Å². The number of H-pyrrole nitrogens is 2. The fraction of sp³-hybridized carbons (Fsp3) is 0.0556. The first-order valence-electron chi connectivity index (χ1n) is 7.17. The first kappa shape index (κ1) is 14.1. The van der Waals surface area contributed by atoms with Gasteiger partial charge in [-0.05, 0) is 37.3 Å². The van der Waals surface area contributed by atoms with Crippen LogP contribution in [-0.4, -0.2) is 21.0 Å². The normalized spacial score (nSPS) is 11.4. The molecule has 0 saturated carbocycles. The van der Waals surface area contributed by atoms with E-state index in [0.29, 0.717) is 11.1 Å². The lowest BCUT2D eigenvalue weighted by Gasteiger charge is -1.97. The highest BCUT2D eigenvalue weighted by Crippen LogP contribution is 2.33. The smallest absolute Gasteiger partial charge is 0.338 e. The van der Waals surface area contributed by atoms with Gasteiger partial charge in [-0.1, -0.05) is 33.6 Å². The molecule has 0 amide bonds. The molecule has 5 heteroatoms. The Labute approximate surface area is 140 Å². The van der Waals surface area contributed by atoms with Crippen molar-refractivity contribution in [3.05, 3.63) is 58.1 Å². The summed E-state index contributed by atoms with van der Waals surface area (Å²) in [6.07, 6.45) is 0. The molecule has 2 aromatic carbocycles. The second-order valence-corrected chi connectivity index (χ2v) is 6.56. The van der Waals surface area contributed by atoms with Gasteiger partial charge in [0.1, 0.15) is 0 Å². The summed E-state index contributed by atoms with van der Waals surface area (Å²) in [4.78, 5) is 18.3. The Kier molecular flexibility index (Phi) is 3.06. The number of hydrogen-bond acceptors (Lipinski definition) is 1. The van der Waals surface area contributed by atoms with Crippen molar-refractivity contribution < 1.29 is 9.90 Å². The number of aryl methyl sites for hydroxylation is 1. The van der Waals surface area contributed by atoms with Gasteiger partial charge in [0.25, 0.3) is 0 Å². The third-order valence-electron chi connectivity index (χ3n) is 4.02. The van der Waals surface area contributed by atoms with Crippen LogP contribution in [0.4, 0.5) is 0 Å². The largest absolute Gasteiger partial charge is 0.478 e. The summed E-state index contributed by atoms with van der Waals surface area (Å²) < 4.78 is 0.905. The van der Waals surface area contributed by atoms with E-state index < -0.39 is 5.97 Å². The molecule has 4 aromatic rings. The minimum atomic E-state index is -0.941. The van der Waals surface area contributed by atoms with E-state index in [-0.39, 0.29) is 5.56 Å². The lowest BCUT2D eigenvalue weighted by Crippen LogP contribution is -1.97. The highest BCUT2D eigenvalue weighted by molar-refractivity contribution is 9.10. The van der Waals surface area contributed by atoms with Crippen molar-refractivity contribution in [2.45, 2.75) is 6.92 Å². The highest BCUT2D eigenvalue weighted by Gasteiger charge is 2.20. The Morgan fingerprint density at radius 2 is 1.87 bits per heavy atom. The number of aromatic carboxylic acids is 1. The zero-order valence-electron chi connectivity index (χ0n) is 12.3. The molecule has 0 aliphatic carbocycles. The van der Waals surface area contributed by atoms with Crippen LogP contribution in [0.5, 0.6) is 0 Å². The number of aromatic nitrogens is 2. The summed E-state index contributed by atoms with van der Waals surface area (Å²) in [5.74, 6) is -0.941. The molecule has 4 rings (SSSR count). The number of hydrogen-bond donors (Lipinski definition) is 3. The van der Waals surface area contributed by atoms with Crippen molar-refractivity contribution in [3.8, 4) is 11.4 Å². The Morgan fingerprint density at radius 3 is 2.65 bits per heavy atom. The van der Waals surface area contributed by atoms with Crippen LogP contribution in [0.1, 0.15) is 15.9 Å². The minimum absolute atomic E-state index is 0.288. The topological polar surface area (TPSA) is 68.9 Å². The predicted octanol–water partition coefficient (Wildman–Crippen LogP) is 5.09. The van der Waals surface area contributed by atoms with Crippen molar-refractivity contribution in [2.75, 3.05) is 0 Å². The van der Waals surface area contributed by atoms with Crippen molar-refractivity contribution >= 4 is 43.7 Å². The zero-order valence-corrected chi connectivity index (χ0v) is 13.9. The summed E-state index contributed by atoms with van der Waals surface area (Å²) in [5.41, 5.74) is 4.61. The molecule has 0 aliphatic heterocycles. The molecule has 2 aromatic heterocycles. The quantitative estimate of drug-likeness (QED) is 0.461. The van der Waals surface area contributed by atoms with Gasteiger partial charge in [0.15, 0.2) is 0 Å². The molecule has 0 unspecified atom stereocenters. The van der Waals surface area contributed by atoms with Crippen LogP contribution < -0.4 is 0 Å². The van der Waals surface area contributed by atoms with Gasteiger partial charge in [-0.15, -0.1) is 0 Å². The van der Waals surface area contributed by atoms with E-state index >= 15 is 0 Å². The van der Waals surface area contributed by atoms with Crippen molar-refractivity contribution in [1.29, 1.82) is 0 Å². The van der Waals surface area contributed by atoms with Gasteiger partial charge in [-0.25, -0.2) is 4.79 Å². The standard InChI is InChI=1S/C18H13BrN2O2/c1-9-2-5-13-10(6-9)7-15(20-13)17-16(18(22)23)12-4-3-11(19)8-14(12)21-17/h2-8,20-21H,1H3,(H,22,23). The van der Waals surface area contributed by atoms with Crippen LogP contribution in [-0.2, 0) is 0 Å². The molecule has 2 heterocycles. The minimum Gasteiger partial charge on any atom is -0.478 e. The van der Waals surface area contributed by atoms with E-state index in [2.05, 4.69) is 32.0 Å². The van der Waals surface area contributed by atoms with Gasteiger partial charge >= 0.3 is 5.97 Å². The number of aromatic amines is 2. The van der Waals surface area contributed by atoms with Crippen LogP contribution in [0.3, 0.4) is 0 Å². The van der Waals surface area contributed by atoms with Crippen LogP contribution in [0.15, 0.2) is 46.9 Å². The molecule has 0 spiro atoms. The van der Waals surface area contributed by atoms with E-state index in [1.807, 2.05) is 43.3 Å². The summed E-state index contributed by atoms with van der Waals surface area (Å²) >= 11 is 3.42. The van der Waals surface area contributed by atoms with Gasteiger partial charge in [0.05, 0.1) is 17.0 Å². The monoisotopic (exact) mass is 368 g/mol. The summed E-state index contributed by atoms with van der Waals surface area (Å²) in [6, 6.07) is 13.6. The fourth-order valence-electron chi connectivity index (χ4n) is 2.98. The Balaban J connectivity index is 2.02. The number of rotatable bonds is 2. The van der Waals surface area contributed by atoms with E-state index in [1.165, 1.54) is 5.56 Å². The maximum Gasteiger partial charge on any atom is 0.338 e. The van der Waals surface area contributed by atoms with Gasteiger partial charge in [-0.2, -0.15) is 0 Å². The first-order valence-corrected chi connectivity index (χ1v) is 7.96. The highest BCUT2D eigenvalue weighted by atomic mass is 79.9. The van der Waals surface area contributed by atoms with Gasteiger partial charge in [0.2, 0.25) is 0 Å². The molecular formula is C18H13BrN2O2. The predicted molar refractivity (Wildman–Crippen MR) is 95.0 cm³/mol. The fourth-order valence-corrected chi connectivity index (χ4v) is 3.34. The average Bonchev–Trinajstić information content (AvgIpc) is 3.06. The number of carboxylic acid groups (broad SMARTS) is 1. The summed E-state index contributed by atoms with van der Waals surface area (Å²) in [6.45, 7) is 2.04. The molecule has 0 atom stereocenters. The molecule has 0 aliphatic rings. The second-order valence-electron chi connectivity index (χ2n) is 5.64. The van der Waals surface area contributed by atoms with Crippen LogP contribution in [0.25, 0.3) is 33.2 Å². The third-order valence-corrected chi connectivity index (χ3v) is 4.51. The van der Waals surface area contributed by atoms with E-state index in [4.69, 9.17) is 0 Å². The van der Waals surface area contributed by atoms with E-state index in [1.54, 1.807) is 0 Å². The van der Waals surface area contributed by atoms with Gasteiger partial charge < -0.3 is 15.1 Å². The number of carboxylic acids is 1. The van der Waals surface area contributed by atoms with Crippen LogP contribution >= 0.6 is 15.9 Å². The van der Waals surface area contributed by atoms with Crippen molar-refractivity contribution in [2.24, 2.45) is 0 Å². The average molecular weight is 369 g/mol. The second kappa shape index (κ2) is 4.99.